The normalized spacial score (nSPS) is 12.1. The van der Waals surface area contributed by atoms with Crippen LogP contribution in [0.1, 0.15) is 32.4 Å². The second-order valence-corrected chi connectivity index (χ2v) is 2.86. The van der Waals surface area contributed by atoms with Gasteiger partial charge in [-0.3, -0.25) is 0 Å². The second-order valence-electron chi connectivity index (χ2n) is 2.86. The van der Waals surface area contributed by atoms with E-state index in [1.165, 1.54) is 6.26 Å². The van der Waals surface area contributed by atoms with Crippen LogP contribution in [0.3, 0.4) is 0 Å². The minimum Gasteiger partial charge on any atom is -0.468 e. The smallest absolute Gasteiger partial charge is 0.120 e. The van der Waals surface area contributed by atoms with Gasteiger partial charge < -0.3 is 10.5 Å². The molecule has 1 rings (SSSR count). The summed E-state index contributed by atoms with van der Waals surface area (Å²) in [6.45, 7) is 9.40. The Labute approximate surface area is 98.4 Å². The summed E-state index contributed by atoms with van der Waals surface area (Å²) >= 11 is 0. The Hall–Kier alpha value is -1.54. The molecule has 0 aliphatic carbocycles. The third kappa shape index (κ3) is 4.32. The average molecular weight is 219 g/mol. The van der Waals surface area contributed by atoms with Gasteiger partial charge in [0.2, 0.25) is 0 Å². The van der Waals surface area contributed by atoms with Crippen molar-refractivity contribution >= 4 is 0 Å². The fourth-order valence-electron chi connectivity index (χ4n) is 1.24. The Morgan fingerprint density at radius 2 is 1.88 bits per heavy atom. The molecule has 2 nitrogen and oxygen atoms in total. The maximum absolute atomic E-state index is 5.99. The number of nitrogens with two attached hydrogens (primary N) is 1. The minimum absolute atomic E-state index is 0.223. The number of ether oxygens (including phenoxy) is 1. The van der Waals surface area contributed by atoms with Crippen molar-refractivity contribution in [2.24, 2.45) is 5.73 Å². The number of benzene rings is 1. The molecule has 0 aliphatic rings. The van der Waals surface area contributed by atoms with E-state index in [0.717, 1.165) is 5.56 Å². The number of hydrogen-bond donors (Lipinski definition) is 1. The van der Waals surface area contributed by atoms with E-state index in [4.69, 9.17) is 10.5 Å². The molecule has 0 heterocycles. The molecule has 1 aromatic rings. The van der Waals surface area contributed by atoms with Gasteiger partial charge in [-0.15, -0.1) is 0 Å². The molecule has 2 N–H and O–H groups in total. The zero-order valence-electron chi connectivity index (χ0n) is 10.3. The van der Waals surface area contributed by atoms with Gasteiger partial charge in [0, 0.05) is 0 Å². The minimum atomic E-state index is -0.223. The lowest BCUT2D eigenvalue weighted by molar-refractivity contribution is 0.319. The van der Waals surface area contributed by atoms with Gasteiger partial charge in [-0.2, -0.15) is 0 Å². The van der Waals surface area contributed by atoms with Crippen LogP contribution in [-0.2, 0) is 4.74 Å². The quantitative estimate of drug-likeness (QED) is 0.782. The van der Waals surface area contributed by atoms with Crippen LogP contribution in [-0.4, -0.2) is 0 Å². The highest BCUT2D eigenvalue weighted by molar-refractivity contribution is 5.25. The van der Waals surface area contributed by atoms with Gasteiger partial charge in [-0.05, 0) is 18.6 Å². The summed E-state index contributed by atoms with van der Waals surface area (Å²) in [6, 6.07) is 9.59. The van der Waals surface area contributed by atoms with Crippen LogP contribution in [0.25, 0.3) is 0 Å². The largest absolute Gasteiger partial charge is 0.468 e. The molecular formula is C14H21NO. The number of hydrogen-bond acceptors (Lipinski definition) is 2. The molecule has 0 aromatic heterocycles. The molecule has 0 radical (unpaired) electrons. The van der Waals surface area contributed by atoms with Crippen LogP contribution in [0, 0.1) is 0 Å². The van der Waals surface area contributed by atoms with Gasteiger partial charge in [0.15, 0.2) is 0 Å². The van der Waals surface area contributed by atoms with Crippen LogP contribution in [0.4, 0.5) is 0 Å². The fraction of sp³-hybridized carbons (Fsp3) is 0.286. The highest BCUT2D eigenvalue weighted by Gasteiger charge is 2.10. The van der Waals surface area contributed by atoms with Crippen molar-refractivity contribution in [2.45, 2.75) is 26.8 Å². The lowest BCUT2D eigenvalue weighted by Crippen LogP contribution is -2.13. The first-order valence-electron chi connectivity index (χ1n) is 5.54. The molecule has 1 unspecified atom stereocenters. The van der Waals surface area contributed by atoms with Crippen molar-refractivity contribution < 1.29 is 4.74 Å². The van der Waals surface area contributed by atoms with E-state index in [0.29, 0.717) is 5.76 Å². The van der Waals surface area contributed by atoms with Gasteiger partial charge >= 0.3 is 0 Å². The molecule has 0 saturated heterocycles. The van der Waals surface area contributed by atoms with Crippen molar-refractivity contribution in [1.29, 1.82) is 0 Å². The Kier molecular flexibility index (Phi) is 7.90. The third-order valence-corrected chi connectivity index (χ3v) is 1.97. The Morgan fingerprint density at radius 3 is 2.31 bits per heavy atom. The Balaban J connectivity index is 0.00000106. The maximum atomic E-state index is 5.99. The predicted molar refractivity (Wildman–Crippen MR) is 69.8 cm³/mol. The summed E-state index contributed by atoms with van der Waals surface area (Å²) in [5.74, 6) is 0.714. The van der Waals surface area contributed by atoms with E-state index in [1.807, 2.05) is 57.2 Å². The highest BCUT2D eigenvalue weighted by Crippen LogP contribution is 2.19. The van der Waals surface area contributed by atoms with E-state index in [2.05, 4.69) is 6.58 Å². The molecule has 0 fully saturated rings. The highest BCUT2D eigenvalue weighted by atomic mass is 16.5. The van der Waals surface area contributed by atoms with Crippen LogP contribution >= 0.6 is 0 Å². The van der Waals surface area contributed by atoms with Crippen molar-refractivity contribution in [3.05, 3.63) is 60.6 Å². The standard InChI is InChI=1S/C12H15NO.C2H6/c1-3-11(14-4-2)12(13)10-8-6-5-7-9-10;1-2/h3-9,12H,2,13H2,1H3;1-2H3/b11-3-;. The van der Waals surface area contributed by atoms with Crippen molar-refractivity contribution in [1.82, 2.24) is 0 Å². The SMILES string of the molecule is C=CO/C(=C\C)C(N)c1ccccc1.CC. The predicted octanol–water partition coefficient (Wildman–Crippen LogP) is 3.78. The van der Waals surface area contributed by atoms with Crippen molar-refractivity contribution in [3.63, 3.8) is 0 Å². The molecule has 1 atom stereocenters. The lowest BCUT2D eigenvalue weighted by Gasteiger charge is -2.14. The molecule has 1 aromatic carbocycles. The average Bonchev–Trinajstić information content (AvgIpc) is 2.38. The summed E-state index contributed by atoms with van der Waals surface area (Å²) in [7, 11) is 0. The Morgan fingerprint density at radius 1 is 1.31 bits per heavy atom. The molecule has 2 heteroatoms. The first-order chi connectivity index (χ1) is 7.79. The lowest BCUT2D eigenvalue weighted by atomic mass is 10.1. The van der Waals surface area contributed by atoms with E-state index in [1.54, 1.807) is 0 Å². The summed E-state index contributed by atoms with van der Waals surface area (Å²) in [6.07, 6.45) is 3.23. The molecule has 0 amide bonds. The molecular weight excluding hydrogens is 198 g/mol. The molecule has 0 bridgehead atoms. The van der Waals surface area contributed by atoms with E-state index in [-0.39, 0.29) is 6.04 Å². The van der Waals surface area contributed by atoms with E-state index >= 15 is 0 Å². The Bertz CT molecular complexity index is 317. The monoisotopic (exact) mass is 219 g/mol. The third-order valence-electron chi connectivity index (χ3n) is 1.97. The maximum Gasteiger partial charge on any atom is 0.120 e. The van der Waals surface area contributed by atoms with Gasteiger partial charge in [0.1, 0.15) is 5.76 Å². The van der Waals surface area contributed by atoms with Crippen molar-refractivity contribution in [2.75, 3.05) is 0 Å². The molecule has 0 saturated carbocycles. The zero-order chi connectivity index (χ0) is 12.4. The van der Waals surface area contributed by atoms with E-state index < -0.39 is 0 Å². The first kappa shape index (κ1) is 14.5. The number of rotatable bonds is 4. The number of allylic oxidation sites excluding steroid dienone is 1. The summed E-state index contributed by atoms with van der Waals surface area (Å²) in [5, 5.41) is 0. The summed E-state index contributed by atoms with van der Waals surface area (Å²) < 4.78 is 5.21. The van der Waals surface area contributed by atoms with Gasteiger partial charge in [-0.1, -0.05) is 50.8 Å². The molecule has 0 aliphatic heterocycles. The van der Waals surface area contributed by atoms with Crippen LogP contribution in [0.5, 0.6) is 0 Å². The zero-order valence-corrected chi connectivity index (χ0v) is 10.3. The van der Waals surface area contributed by atoms with Crippen LogP contribution in [0.2, 0.25) is 0 Å². The fourth-order valence-corrected chi connectivity index (χ4v) is 1.24. The van der Waals surface area contributed by atoms with Gasteiger partial charge in [0.25, 0.3) is 0 Å². The van der Waals surface area contributed by atoms with E-state index in [9.17, 15) is 0 Å². The summed E-state index contributed by atoms with van der Waals surface area (Å²) in [4.78, 5) is 0. The molecule has 16 heavy (non-hydrogen) atoms. The van der Waals surface area contributed by atoms with Gasteiger partial charge in [0.05, 0.1) is 12.3 Å². The first-order valence-corrected chi connectivity index (χ1v) is 5.54. The molecule has 88 valence electrons. The second kappa shape index (κ2) is 8.74. The molecule has 0 spiro atoms. The van der Waals surface area contributed by atoms with Gasteiger partial charge in [-0.25, -0.2) is 0 Å². The topological polar surface area (TPSA) is 35.2 Å². The van der Waals surface area contributed by atoms with Crippen molar-refractivity contribution in [3.8, 4) is 0 Å². The van der Waals surface area contributed by atoms with Crippen LogP contribution < -0.4 is 5.73 Å². The van der Waals surface area contributed by atoms with Crippen LogP contribution in [0.15, 0.2) is 55.0 Å². The summed E-state index contributed by atoms with van der Waals surface area (Å²) in [5.41, 5.74) is 7.02.